The smallest absolute Gasteiger partial charge is 0.241 e. The Kier molecular flexibility index (Phi) is 6.80. The van der Waals surface area contributed by atoms with Gasteiger partial charge in [0, 0.05) is 30.1 Å². The Bertz CT molecular complexity index is 966. The molecule has 1 fully saturated rings. The van der Waals surface area contributed by atoms with Crippen LogP contribution in [0.25, 0.3) is 22.2 Å². The second-order valence-corrected chi connectivity index (χ2v) is 8.19. The van der Waals surface area contributed by atoms with Crippen molar-refractivity contribution in [2.24, 2.45) is 0 Å². The summed E-state index contributed by atoms with van der Waals surface area (Å²) in [6.07, 6.45) is 6.20. The fourth-order valence-corrected chi connectivity index (χ4v) is 4.58. The zero-order chi connectivity index (χ0) is 20.8. The van der Waals surface area contributed by atoms with Gasteiger partial charge < -0.3 is 10.2 Å². The first-order valence-electron chi connectivity index (χ1n) is 11.3. The van der Waals surface area contributed by atoms with Crippen LogP contribution < -0.4 is 5.32 Å². The molecule has 1 atom stereocenters. The van der Waals surface area contributed by atoms with Crippen LogP contribution in [0.2, 0.25) is 0 Å². The minimum atomic E-state index is 0.0218. The molecule has 5 heteroatoms. The summed E-state index contributed by atoms with van der Waals surface area (Å²) in [5, 5.41) is 8.94. The average molecular weight is 405 g/mol. The molecule has 0 aliphatic carbocycles. The second kappa shape index (κ2) is 9.90. The number of hydrogen-bond donors (Lipinski definition) is 1. The summed E-state index contributed by atoms with van der Waals surface area (Å²) in [5.74, 6) is 0.0218. The van der Waals surface area contributed by atoms with Crippen LogP contribution in [0.3, 0.4) is 0 Å². The van der Waals surface area contributed by atoms with Crippen molar-refractivity contribution in [1.29, 1.82) is 0 Å². The number of nitrogens with zero attached hydrogens (tertiary/aromatic N) is 3. The first-order chi connectivity index (χ1) is 14.8. The summed E-state index contributed by atoms with van der Waals surface area (Å²) >= 11 is 0. The molecular formula is C25H32N4O. The maximum Gasteiger partial charge on any atom is 0.241 e. The number of carbonyl (C=O) groups excluding carboxylic acids is 1. The second-order valence-electron chi connectivity index (χ2n) is 8.19. The van der Waals surface area contributed by atoms with Crippen molar-refractivity contribution in [2.45, 2.75) is 51.6 Å². The van der Waals surface area contributed by atoms with Crippen molar-refractivity contribution in [2.75, 3.05) is 19.6 Å². The zero-order valence-corrected chi connectivity index (χ0v) is 17.9. The monoisotopic (exact) mass is 404 g/mol. The Balaban J connectivity index is 1.36. The summed E-state index contributed by atoms with van der Waals surface area (Å²) in [5.41, 5.74) is 2.99. The highest BCUT2D eigenvalue weighted by molar-refractivity contribution is 5.94. The van der Waals surface area contributed by atoms with Crippen LogP contribution in [0.5, 0.6) is 0 Å². The third-order valence-electron chi connectivity index (χ3n) is 6.16. The predicted octanol–water partition coefficient (Wildman–Crippen LogP) is 4.47. The number of likely N-dealkylation sites (tertiary alicyclic amines) is 1. The summed E-state index contributed by atoms with van der Waals surface area (Å²) in [4.78, 5) is 15.2. The summed E-state index contributed by atoms with van der Waals surface area (Å²) in [6, 6.07) is 19.0. The van der Waals surface area contributed by atoms with Crippen molar-refractivity contribution < 1.29 is 4.79 Å². The molecule has 0 radical (unpaired) electrons. The van der Waals surface area contributed by atoms with Gasteiger partial charge in [0.15, 0.2) is 0 Å². The van der Waals surface area contributed by atoms with Gasteiger partial charge in [0.1, 0.15) is 12.2 Å². The van der Waals surface area contributed by atoms with Crippen LogP contribution >= 0.6 is 0 Å². The number of rotatable bonds is 8. The van der Waals surface area contributed by atoms with Gasteiger partial charge in [0.05, 0.1) is 5.52 Å². The first-order valence-corrected chi connectivity index (χ1v) is 11.3. The SMILES string of the molecule is CC[C@@H]1CCCCN1CCCNC(=O)Cn1nc(-c2ccccc2)c2ccccc21. The molecule has 1 aliphatic heterocycles. The topological polar surface area (TPSA) is 50.2 Å². The zero-order valence-electron chi connectivity index (χ0n) is 17.9. The third-order valence-corrected chi connectivity index (χ3v) is 6.16. The number of para-hydroxylation sites is 1. The van der Waals surface area contributed by atoms with Crippen LogP contribution in [-0.4, -0.2) is 46.3 Å². The Morgan fingerprint density at radius 3 is 2.73 bits per heavy atom. The molecule has 5 nitrogen and oxygen atoms in total. The Morgan fingerprint density at radius 2 is 1.90 bits per heavy atom. The van der Waals surface area contributed by atoms with Crippen molar-refractivity contribution in [3.05, 3.63) is 54.6 Å². The summed E-state index contributed by atoms with van der Waals surface area (Å²) in [7, 11) is 0. The maximum atomic E-state index is 12.6. The number of aromatic nitrogens is 2. The van der Waals surface area contributed by atoms with E-state index in [0.717, 1.165) is 47.7 Å². The van der Waals surface area contributed by atoms with Gasteiger partial charge in [-0.1, -0.05) is 61.9 Å². The fourth-order valence-electron chi connectivity index (χ4n) is 4.58. The highest BCUT2D eigenvalue weighted by Gasteiger charge is 2.20. The number of fused-ring (bicyclic) bond motifs is 1. The summed E-state index contributed by atoms with van der Waals surface area (Å²) < 4.78 is 1.82. The number of nitrogens with one attached hydrogen (secondary N) is 1. The molecule has 0 bridgehead atoms. The number of hydrogen-bond acceptors (Lipinski definition) is 3. The Labute approximate surface area is 179 Å². The van der Waals surface area contributed by atoms with Gasteiger partial charge in [0.2, 0.25) is 5.91 Å². The van der Waals surface area contributed by atoms with E-state index < -0.39 is 0 Å². The number of benzene rings is 2. The molecule has 0 spiro atoms. The minimum Gasteiger partial charge on any atom is -0.354 e. The van der Waals surface area contributed by atoms with Crippen molar-refractivity contribution in [3.8, 4) is 11.3 Å². The van der Waals surface area contributed by atoms with E-state index in [1.165, 1.54) is 32.2 Å². The van der Waals surface area contributed by atoms with Gasteiger partial charge >= 0.3 is 0 Å². The Morgan fingerprint density at radius 1 is 1.10 bits per heavy atom. The van der Waals surface area contributed by atoms with Crippen molar-refractivity contribution in [3.63, 3.8) is 0 Å². The molecule has 3 aromatic rings. The van der Waals surface area contributed by atoms with E-state index in [1.54, 1.807) is 0 Å². The van der Waals surface area contributed by atoms with E-state index in [4.69, 9.17) is 5.10 Å². The van der Waals surface area contributed by atoms with Crippen LogP contribution in [-0.2, 0) is 11.3 Å². The minimum absolute atomic E-state index is 0.0218. The van der Waals surface area contributed by atoms with Crippen LogP contribution in [0.15, 0.2) is 54.6 Å². The molecule has 1 N–H and O–H groups in total. The van der Waals surface area contributed by atoms with E-state index in [0.29, 0.717) is 0 Å². The van der Waals surface area contributed by atoms with Crippen LogP contribution in [0.1, 0.15) is 39.0 Å². The van der Waals surface area contributed by atoms with Crippen molar-refractivity contribution in [1.82, 2.24) is 20.0 Å². The molecule has 0 unspecified atom stereocenters. The number of piperidine rings is 1. The molecule has 4 rings (SSSR count). The summed E-state index contributed by atoms with van der Waals surface area (Å²) in [6.45, 7) is 5.52. The highest BCUT2D eigenvalue weighted by Crippen LogP contribution is 2.27. The molecule has 1 aliphatic rings. The number of amides is 1. The van der Waals surface area contributed by atoms with E-state index in [1.807, 2.05) is 41.1 Å². The van der Waals surface area contributed by atoms with E-state index >= 15 is 0 Å². The van der Waals surface area contributed by atoms with Crippen LogP contribution in [0, 0.1) is 0 Å². The fraction of sp³-hybridized carbons (Fsp3) is 0.440. The standard InChI is InChI=1S/C25H32N4O/c1-2-21-13-8-9-17-28(21)18-10-16-26-24(30)19-29-23-15-7-6-14-22(23)25(27-29)20-11-4-3-5-12-20/h3-7,11-12,14-15,21H,2,8-10,13,16-19H2,1H3,(H,26,30)/t21-/m1/s1. The molecule has 1 amide bonds. The average Bonchev–Trinajstić information content (AvgIpc) is 3.16. The molecule has 2 heterocycles. The first kappa shape index (κ1) is 20.6. The molecular weight excluding hydrogens is 372 g/mol. The van der Waals surface area contributed by atoms with Gasteiger partial charge in [0.25, 0.3) is 0 Å². The normalized spacial score (nSPS) is 17.3. The maximum absolute atomic E-state index is 12.6. The Hall–Kier alpha value is -2.66. The lowest BCUT2D eigenvalue weighted by Gasteiger charge is -2.35. The number of carbonyl (C=O) groups is 1. The van der Waals surface area contributed by atoms with Gasteiger partial charge in [-0.05, 0) is 38.3 Å². The third kappa shape index (κ3) is 4.73. The molecule has 1 aromatic heterocycles. The predicted molar refractivity (Wildman–Crippen MR) is 122 cm³/mol. The molecule has 0 saturated carbocycles. The molecule has 2 aromatic carbocycles. The van der Waals surface area contributed by atoms with Crippen molar-refractivity contribution >= 4 is 16.8 Å². The van der Waals surface area contributed by atoms with E-state index in [9.17, 15) is 4.79 Å². The van der Waals surface area contributed by atoms with E-state index in [-0.39, 0.29) is 12.5 Å². The lowest BCUT2D eigenvalue weighted by molar-refractivity contribution is -0.121. The lowest BCUT2D eigenvalue weighted by atomic mass is 10.00. The molecule has 1 saturated heterocycles. The van der Waals surface area contributed by atoms with Gasteiger partial charge in [-0.3, -0.25) is 9.48 Å². The lowest BCUT2D eigenvalue weighted by Crippen LogP contribution is -2.40. The molecule has 158 valence electrons. The van der Waals surface area contributed by atoms with Gasteiger partial charge in [-0.15, -0.1) is 0 Å². The van der Waals surface area contributed by atoms with Crippen LogP contribution in [0.4, 0.5) is 0 Å². The van der Waals surface area contributed by atoms with Gasteiger partial charge in [-0.2, -0.15) is 5.10 Å². The van der Waals surface area contributed by atoms with E-state index in [2.05, 4.69) is 35.3 Å². The van der Waals surface area contributed by atoms with Gasteiger partial charge in [-0.25, -0.2) is 0 Å². The highest BCUT2D eigenvalue weighted by atomic mass is 16.2. The largest absolute Gasteiger partial charge is 0.354 e. The molecule has 30 heavy (non-hydrogen) atoms. The quantitative estimate of drug-likeness (QED) is 0.564.